The molecule has 94 valence electrons. The predicted molar refractivity (Wildman–Crippen MR) is 71.8 cm³/mol. The van der Waals surface area contributed by atoms with Crippen LogP contribution >= 0.6 is 11.8 Å². The van der Waals surface area contributed by atoms with Crippen LogP contribution in [0.5, 0.6) is 0 Å². The number of hydrogen-bond donors (Lipinski definition) is 1. The molecular weight excluding hydrogens is 218 g/mol. The fraction of sp³-hybridized carbons (Fsp3) is 0.923. The first-order valence-electron chi connectivity index (χ1n) is 6.30. The quantitative estimate of drug-likeness (QED) is 0.824. The molecule has 1 fully saturated rings. The van der Waals surface area contributed by atoms with Crippen LogP contribution in [0, 0.1) is 5.92 Å². The van der Waals surface area contributed by atoms with Gasteiger partial charge >= 0.3 is 0 Å². The molecule has 0 bridgehead atoms. The number of carbonyl (C=O) groups is 1. The summed E-state index contributed by atoms with van der Waals surface area (Å²) in [5, 5.41) is 3.16. The lowest BCUT2D eigenvalue weighted by molar-refractivity contribution is -0.119. The Balaban J connectivity index is 2.23. The van der Waals surface area contributed by atoms with Crippen molar-refractivity contribution in [3.8, 4) is 0 Å². The Bertz CT molecular complexity index is 235. The summed E-state index contributed by atoms with van der Waals surface area (Å²) in [6.07, 6.45) is 4.91. The highest BCUT2D eigenvalue weighted by atomic mass is 32.2. The van der Waals surface area contributed by atoms with Crippen molar-refractivity contribution in [3.05, 3.63) is 0 Å². The van der Waals surface area contributed by atoms with E-state index in [0.29, 0.717) is 11.8 Å². The van der Waals surface area contributed by atoms with Crippen molar-refractivity contribution >= 4 is 17.7 Å². The molecule has 0 aromatic carbocycles. The summed E-state index contributed by atoms with van der Waals surface area (Å²) in [7, 11) is 0. The zero-order valence-corrected chi connectivity index (χ0v) is 11.8. The van der Waals surface area contributed by atoms with E-state index >= 15 is 0 Å². The minimum absolute atomic E-state index is 0.178. The number of thioether (sulfide) groups is 1. The molecule has 0 radical (unpaired) electrons. The molecule has 1 N–H and O–H groups in total. The van der Waals surface area contributed by atoms with E-state index in [9.17, 15) is 4.79 Å². The van der Waals surface area contributed by atoms with Crippen molar-refractivity contribution in [1.29, 1.82) is 0 Å². The molecule has 1 rings (SSSR count). The lowest BCUT2D eigenvalue weighted by atomic mass is 9.87. The average Bonchev–Trinajstić information content (AvgIpc) is 2.14. The van der Waals surface area contributed by atoms with Gasteiger partial charge in [-0.15, -0.1) is 11.8 Å². The highest BCUT2D eigenvalue weighted by Crippen LogP contribution is 2.25. The van der Waals surface area contributed by atoms with Crippen LogP contribution in [0.25, 0.3) is 0 Å². The molecule has 0 saturated heterocycles. The van der Waals surface area contributed by atoms with Crippen molar-refractivity contribution < 1.29 is 4.79 Å². The minimum atomic E-state index is 0.178. The summed E-state index contributed by atoms with van der Waals surface area (Å²) >= 11 is 1.72. The maximum Gasteiger partial charge on any atom is 0.230 e. The molecule has 1 aliphatic carbocycles. The fourth-order valence-corrected chi connectivity index (χ4v) is 2.76. The van der Waals surface area contributed by atoms with E-state index in [1.165, 1.54) is 12.8 Å². The number of hydrogen-bond acceptors (Lipinski definition) is 2. The lowest BCUT2D eigenvalue weighted by Crippen LogP contribution is -2.39. The molecule has 0 aromatic rings. The van der Waals surface area contributed by atoms with Gasteiger partial charge in [0.2, 0.25) is 5.91 Å². The van der Waals surface area contributed by atoms with Crippen LogP contribution in [-0.2, 0) is 4.79 Å². The van der Waals surface area contributed by atoms with E-state index in [1.54, 1.807) is 11.8 Å². The molecule has 1 amide bonds. The van der Waals surface area contributed by atoms with Crippen LogP contribution in [0.4, 0.5) is 0 Å². The van der Waals surface area contributed by atoms with Crippen LogP contribution in [0.15, 0.2) is 0 Å². The molecule has 0 aromatic heterocycles. The van der Waals surface area contributed by atoms with Gasteiger partial charge in [0.25, 0.3) is 0 Å². The van der Waals surface area contributed by atoms with Gasteiger partial charge < -0.3 is 5.32 Å². The zero-order chi connectivity index (χ0) is 12.2. The van der Waals surface area contributed by atoms with E-state index in [0.717, 1.165) is 18.8 Å². The Morgan fingerprint density at radius 1 is 1.38 bits per heavy atom. The minimum Gasteiger partial charge on any atom is -0.353 e. The molecule has 1 saturated carbocycles. The van der Waals surface area contributed by atoms with E-state index < -0.39 is 0 Å². The molecule has 2 unspecified atom stereocenters. The first kappa shape index (κ1) is 13.9. The van der Waals surface area contributed by atoms with Gasteiger partial charge in [-0.25, -0.2) is 0 Å². The van der Waals surface area contributed by atoms with Gasteiger partial charge in [-0.3, -0.25) is 4.79 Å². The van der Waals surface area contributed by atoms with Crippen molar-refractivity contribution in [3.63, 3.8) is 0 Å². The van der Waals surface area contributed by atoms with Crippen molar-refractivity contribution in [1.82, 2.24) is 5.32 Å². The highest BCUT2D eigenvalue weighted by Gasteiger charge is 2.21. The topological polar surface area (TPSA) is 29.1 Å². The Labute approximate surface area is 104 Å². The standard InChI is InChI=1S/C13H25NOS/c1-10-6-5-7-11(8-10)14-12(15)9-16-13(2,3)4/h10-11H,5-9H2,1-4H3,(H,14,15). The van der Waals surface area contributed by atoms with Crippen molar-refractivity contribution in [2.24, 2.45) is 5.92 Å². The van der Waals surface area contributed by atoms with E-state index in [4.69, 9.17) is 0 Å². The summed E-state index contributed by atoms with van der Waals surface area (Å²) in [5.41, 5.74) is 0. The Kier molecular flexibility index (Phi) is 5.16. The Hall–Kier alpha value is -0.180. The van der Waals surface area contributed by atoms with Gasteiger partial charge in [-0.1, -0.05) is 40.5 Å². The molecule has 2 atom stereocenters. The molecular formula is C13H25NOS. The predicted octanol–water partition coefficient (Wildman–Crippen LogP) is 3.21. The molecule has 2 nitrogen and oxygen atoms in total. The first-order chi connectivity index (χ1) is 7.37. The van der Waals surface area contributed by atoms with Crippen LogP contribution in [0.3, 0.4) is 0 Å². The second kappa shape index (κ2) is 5.95. The largest absolute Gasteiger partial charge is 0.353 e. The van der Waals surface area contributed by atoms with Crippen LogP contribution in [-0.4, -0.2) is 22.4 Å². The van der Waals surface area contributed by atoms with Gasteiger partial charge in [0, 0.05) is 10.8 Å². The molecule has 0 spiro atoms. The fourth-order valence-electron chi connectivity index (χ4n) is 2.12. The molecule has 0 heterocycles. The van der Waals surface area contributed by atoms with Gasteiger partial charge in [-0.05, 0) is 18.8 Å². The van der Waals surface area contributed by atoms with Gasteiger partial charge in [0.05, 0.1) is 5.75 Å². The average molecular weight is 243 g/mol. The van der Waals surface area contributed by atoms with Crippen molar-refractivity contribution in [2.45, 2.75) is 64.2 Å². The third kappa shape index (κ3) is 5.78. The van der Waals surface area contributed by atoms with Gasteiger partial charge in [0.15, 0.2) is 0 Å². The summed E-state index contributed by atoms with van der Waals surface area (Å²) in [6.45, 7) is 8.72. The zero-order valence-electron chi connectivity index (χ0n) is 11.0. The third-order valence-electron chi connectivity index (χ3n) is 2.94. The number of rotatable bonds is 3. The maximum atomic E-state index is 11.7. The Morgan fingerprint density at radius 2 is 2.06 bits per heavy atom. The summed E-state index contributed by atoms with van der Waals surface area (Å²) in [4.78, 5) is 11.7. The molecule has 16 heavy (non-hydrogen) atoms. The number of carbonyl (C=O) groups excluding carboxylic acids is 1. The van der Waals surface area contributed by atoms with Crippen LogP contribution in [0.2, 0.25) is 0 Å². The first-order valence-corrected chi connectivity index (χ1v) is 7.29. The summed E-state index contributed by atoms with van der Waals surface area (Å²) in [5.74, 6) is 1.57. The summed E-state index contributed by atoms with van der Waals surface area (Å²) in [6, 6.07) is 0.428. The second-order valence-corrected chi connectivity index (χ2v) is 7.74. The second-order valence-electron chi connectivity index (χ2n) is 5.94. The molecule has 3 heteroatoms. The summed E-state index contributed by atoms with van der Waals surface area (Å²) < 4.78 is 0.178. The maximum absolute atomic E-state index is 11.7. The van der Waals surface area contributed by atoms with Gasteiger partial charge in [0.1, 0.15) is 0 Å². The van der Waals surface area contributed by atoms with Crippen LogP contribution < -0.4 is 5.32 Å². The normalized spacial score (nSPS) is 26.5. The molecule has 0 aliphatic heterocycles. The van der Waals surface area contributed by atoms with Crippen LogP contribution in [0.1, 0.15) is 53.4 Å². The lowest BCUT2D eigenvalue weighted by Gasteiger charge is -2.28. The Morgan fingerprint density at radius 3 is 2.62 bits per heavy atom. The van der Waals surface area contributed by atoms with E-state index in [2.05, 4.69) is 33.0 Å². The van der Waals surface area contributed by atoms with E-state index in [1.807, 2.05) is 0 Å². The highest BCUT2D eigenvalue weighted by molar-refractivity contribution is 8.01. The molecule has 1 aliphatic rings. The van der Waals surface area contributed by atoms with Crippen molar-refractivity contribution in [2.75, 3.05) is 5.75 Å². The SMILES string of the molecule is CC1CCCC(NC(=O)CSC(C)(C)C)C1. The monoisotopic (exact) mass is 243 g/mol. The van der Waals surface area contributed by atoms with Gasteiger partial charge in [-0.2, -0.15) is 0 Å². The smallest absolute Gasteiger partial charge is 0.230 e. The number of nitrogens with one attached hydrogen (secondary N) is 1. The van der Waals surface area contributed by atoms with E-state index in [-0.39, 0.29) is 10.7 Å². The number of amides is 1. The third-order valence-corrected chi connectivity index (χ3v) is 4.21.